The number of ketones is 1. The highest BCUT2D eigenvalue weighted by molar-refractivity contribution is 6.52. The van der Waals surface area contributed by atoms with Gasteiger partial charge in [-0.05, 0) is 51.0 Å². The maximum atomic E-state index is 13.6. The molecule has 112 valence electrons. The molecular formula is C15H16ClFN2O2. The molecule has 0 unspecified atom stereocenters. The molecule has 3 rings (SSSR count). The molecule has 0 N–H and O–H groups in total. The molecule has 2 heterocycles. The summed E-state index contributed by atoms with van der Waals surface area (Å²) in [6.07, 6.45) is 3.20. The van der Waals surface area contributed by atoms with E-state index in [0.29, 0.717) is 12.2 Å². The Morgan fingerprint density at radius 2 is 1.86 bits per heavy atom. The standard InChI is InChI=1S/C15H16ClFN2O2/c16-11-8-10-13(9-12(11)17)19(15(21)14(10)20)7-3-6-18-4-1-2-5-18/h8-9H,1-7H2. The Hall–Kier alpha value is -1.46. The van der Waals surface area contributed by atoms with E-state index in [0.717, 1.165) is 26.1 Å². The lowest BCUT2D eigenvalue weighted by atomic mass is 10.1. The van der Waals surface area contributed by atoms with Crippen molar-refractivity contribution in [1.82, 2.24) is 4.90 Å². The van der Waals surface area contributed by atoms with Gasteiger partial charge in [0.2, 0.25) is 0 Å². The Kier molecular flexibility index (Phi) is 3.95. The van der Waals surface area contributed by atoms with Gasteiger partial charge in [-0.3, -0.25) is 9.59 Å². The number of halogens is 2. The molecule has 0 bridgehead atoms. The molecule has 0 atom stereocenters. The Labute approximate surface area is 127 Å². The van der Waals surface area contributed by atoms with Crippen molar-refractivity contribution in [3.05, 3.63) is 28.5 Å². The molecule has 1 aromatic rings. The molecule has 1 saturated heterocycles. The average Bonchev–Trinajstić information content (AvgIpc) is 3.04. The van der Waals surface area contributed by atoms with Crippen molar-refractivity contribution in [1.29, 1.82) is 0 Å². The lowest BCUT2D eigenvalue weighted by Gasteiger charge is -2.19. The number of anilines is 1. The molecule has 0 aliphatic carbocycles. The molecule has 2 aliphatic heterocycles. The van der Waals surface area contributed by atoms with Crippen LogP contribution in [0.1, 0.15) is 29.6 Å². The lowest BCUT2D eigenvalue weighted by molar-refractivity contribution is -0.114. The molecule has 21 heavy (non-hydrogen) atoms. The number of hydrogen-bond acceptors (Lipinski definition) is 3. The summed E-state index contributed by atoms with van der Waals surface area (Å²) in [5.41, 5.74) is 0.542. The van der Waals surface area contributed by atoms with E-state index in [4.69, 9.17) is 11.6 Å². The van der Waals surface area contributed by atoms with Gasteiger partial charge in [-0.2, -0.15) is 0 Å². The molecule has 0 saturated carbocycles. The molecule has 4 nitrogen and oxygen atoms in total. The molecule has 2 aliphatic rings. The van der Waals surface area contributed by atoms with Crippen LogP contribution in [0.2, 0.25) is 5.02 Å². The van der Waals surface area contributed by atoms with Crippen LogP contribution < -0.4 is 4.90 Å². The number of benzene rings is 1. The van der Waals surface area contributed by atoms with Gasteiger partial charge in [-0.1, -0.05) is 11.6 Å². The SMILES string of the molecule is O=C1C(=O)N(CCCN2CCCC2)c2cc(F)c(Cl)cc21. The van der Waals surface area contributed by atoms with Gasteiger partial charge >= 0.3 is 0 Å². The van der Waals surface area contributed by atoms with E-state index >= 15 is 0 Å². The van der Waals surface area contributed by atoms with Crippen LogP contribution >= 0.6 is 11.6 Å². The minimum absolute atomic E-state index is 0.131. The predicted molar refractivity (Wildman–Crippen MR) is 78.4 cm³/mol. The Morgan fingerprint density at radius 1 is 1.14 bits per heavy atom. The van der Waals surface area contributed by atoms with Gasteiger partial charge in [0.15, 0.2) is 0 Å². The first kappa shape index (κ1) is 14.5. The zero-order valence-electron chi connectivity index (χ0n) is 11.6. The van der Waals surface area contributed by atoms with Gasteiger partial charge < -0.3 is 9.80 Å². The van der Waals surface area contributed by atoms with Crippen molar-refractivity contribution in [3.8, 4) is 0 Å². The second-order valence-corrected chi connectivity index (χ2v) is 5.88. The van der Waals surface area contributed by atoms with Crippen molar-refractivity contribution in [2.24, 2.45) is 0 Å². The third-order valence-corrected chi connectivity index (χ3v) is 4.36. The molecule has 1 aromatic carbocycles. The Morgan fingerprint density at radius 3 is 2.57 bits per heavy atom. The molecule has 0 spiro atoms. The zero-order chi connectivity index (χ0) is 15.0. The molecular weight excluding hydrogens is 295 g/mol. The minimum Gasteiger partial charge on any atom is -0.305 e. The number of likely N-dealkylation sites (tertiary alicyclic amines) is 1. The molecule has 6 heteroatoms. The van der Waals surface area contributed by atoms with Crippen molar-refractivity contribution >= 4 is 29.0 Å². The summed E-state index contributed by atoms with van der Waals surface area (Å²) in [7, 11) is 0. The summed E-state index contributed by atoms with van der Waals surface area (Å²) in [5, 5.41) is -0.131. The highest BCUT2D eigenvalue weighted by atomic mass is 35.5. The van der Waals surface area contributed by atoms with Crippen LogP contribution in [0.25, 0.3) is 0 Å². The first-order valence-electron chi connectivity index (χ1n) is 7.15. The second-order valence-electron chi connectivity index (χ2n) is 5.47. The molecule has 0 radical (unpaired) electrons. The van der Waals surface area contributed by atoms with E-state index in [2.05, 4.69) is 4.90 Å². The van der Waals surface area contributed by atoms with Gasteiger partial charge in [-0.15, -0.1) is 0 Å². The normalized spacial score (nSPS) is 18.7. The topological polar surface area (TPSA) is 40.6 Å². The van der Waals surface area contributed by atoms with E-state index in [-0.39, 0.29) is 10.6 Å². The molecule has 1 fully saturated rings. The van der Waals surface area contributed by atoms with Gasteiger partial charge in [-0.25, -0.2) is 4.39 Å². The van der Waals surface area contributed by atoms with E-state index in [1.807, 2.05) is 0 Å². The summed E-state index contributed by atoms with van der Waals surface area (Å²) in [4.78, 5) is 27.6. The monoisotopic (exact) mass is 310 g/mol. The number of Topliss-reactive ketones (excluding diaryl/α,β-unsaturated/α-hetero) is 1. The van der Waals surface area contributed by atoms with Crippen LogP contribution in [0.15, 0.2) is 12.1 Å². The third kappa shape index (κ3) is 2.68. The summed E-state index contributed by atoms with van der Waals surface area (Å²) >= 11 is 5.68. The third-order valence-electron chi connectivity index (χ3n) is 4.07. The van der Waals surface area contributed by atoms with Crippen LogP contribution in [0.5, 0.6) is 0 Å². The lowest BCUT2D eigenvalue weighted by Crippen LogP contribution is -2.33. The van der Waals surface area contributed by atoms with E-state index in [1.54, 1.807) is 0 Å². The summed E-state index contributed by atoms with van der Waals surface area (Å²) < 4.78 is 13.6. The van der Waals surface area contributed by atoms with Crippen molar-refractivity contribution in [2.75, 3.05) is 31.1 Å². The van der Waals surface area contributed by atoms with Gasteiger partial charge in [0.1, 0.15) is 5.82 Å². The summed E-state index contributed by atoms with van der Waals surface area (Å²) in [6.45, 7) is 3.50. The summed E-state index contributed by atoms with van der Waals surface area (Å²) in [6, 6.07) is 2.42. The largest absolute Gasteiger partial charge is 0.305 e. The fourth-order valence-corrected chi connectivity index (χ4v) is 3.13. The van der Waals surface area contributed by atoms with Gasteiger partial charge in [0.25, 0.3) is 11.7 Å². The van der Waals surface area contributed by atoms with Crippen molar-refractivity contribution in [3.63, 3.8) is 0 Å². The number of nitrogens with zero attached hydrogens (tertiary/aromatic N) is 2. The highest BCUT2D eigenvalue weighted by Crippen LogP contribution is 2.33. The van der Waals surface area contributed by atoms with E-state index in [1.165, 1.54) is 29.9 Å². The van der Waals surface area contributed by atoms with Gasteiger partial charge in [0.05, 0.1) is 16.3 Å². The Bertz CT molecular complexity index is 600. The minimum atomic E-state index is -0.609. The van der Waals surface area contributed by atoms with E-state index < -0.39 is 17.5 Å². The first-order chi connectivity index (χ1) is 10.1. The predicted octanol–water partition coefficient (Wildman–Crippen LogP) is 2.49. The van der Waals surface area contributed by atoms with E-state index in [9.17, 15) is 14.0 Å². The first-order valence-corrected chi connectivity index (χ1v) is 7.53. The maximum Gasteiger partial charge on any atom is 0.299 e. The number of rotatable bonds is 4. The smallest absolute Gasteiger partial charge is 0.299 e. The van der Waals surface area contributed by atoms with Gasteiger partial charge in [0, 0.05) is 6.54 Å². The van der Waals surface area contributed by atoms with Crippen LogP contribution in [-0.2, 0) is 4.79 Å². The number of hydrogen-bond donors (Lipinski definition) is 0. The van der Waals surface area contributed by atoms with Crippen molar-refractivity contribution < 1.29 is 14.0 Å². The Balaban J connectivity index is 1.72. The van der Waals surface area contributed by atoms with Crippen LogP contribution in [-0.4, -0.2) is 42.8 Å². The number of carbonyl (C=O) groups is 2. The van der Waals surface area contributed by atoms with Crippen molar-refractivity contribution in [2.45, 2.75) is 19.3 Å². The molecule has 0 aromatic heterocycles. The fraction of sp³-hybridized carbons (Fsp3) is 0.467. The number of carbonyl (C=O) groups excluding carboxylic acids is 2. The second kappa shape index (κ2) is 5.73. The van der Waals surface area contributed by atoms with Crippen LogP contribution in [0, 0.1) is 5.82 Å². The zero-order valence-corrected chi connectivity index (χ0v) is 12.3. The quantitative estimate of drug-likeness (QED) is 0.802. The molecule has 1 amide bonds. The average molecular weight is 311 g/mol. The summed E-state index contributed by atoms with van der Waals surface area (Å²) in [5.74, 6) is -1.80. The van der Waals surface area contributed by atoms with Crippen LogP contribution in [0.3, 0.4) is 0 Å². The van der Waals surface area contributed by atoms with Crippen LogP contribution in [0.4, 0.5) is 10.1 Å². The maximum absolute atomic E-state index is 13.6. The number of fused-ring (bicyclic) bond motifs is 1. The number of amides is 1. The fourth-order valence-electron chi connectivity index (χ4n) is 2.97. The highest BCUT2D eigenvalue weighted by Gasteiger charge is 2.36.